The van der Waals surface area contributed by atoms with Crippen LogP contribution < -0.4 is 15.5 Å². The Morgan fingerprint density at radius 3 is 2.71 bits per heavy atom. The van der Waals surface area contributed by atoms with E-state index >= 15 is 0 Å². The van der Waals surface area contributed by atoms with Gasteiger partial charge in [0.05, 0.1) is 30.5 Å². The Morgan fingerprint density at radius 1 is 1.26 bits per heavy atom. The van der Waals surface area contributed by atoms with E-state index in [2.05, 4.69) is 16.7 Å². The summed E-state index contributed by atoms with van der Waals surface area (Å²) < 4.78 is 5.50. The molecule has 0 radical (unpaired) electrons. The summed E-state index contributed by atoms with van der Waals surface area (Å²) in [7, 11) is 1.75. The molecule has 2 aliphatic heterocycles. The Kier molecular flexibility index (Phi) is 7.17. The van der Waals surface area contributed by atoms with Gasteiger partial charge in [0.2, 0.25) is 5.91 Å². The summed E-state index contributed by atoms with van der Waals surface area (Å²) in [6, 6.07) is 14.9. The number of likely N-dealkylation sites (N-methyl/N-ethyl adjacent to an activating group) is 1. The molecule has 0 bridgehead atoms. The molecule has 2 heterocycles. The Hall–Kier alpha value is -4.10. The first-order valence-corrected chi connectivity index (χ1v) is 11.4. The number of hydrogen-bond acceptors (Lipinski definition) is 6. The predicted molar refractivity (Wildman–Crippen MR) is 129 cm³/mol. The van der Waals surface area contributed by atoms with Crippen molar-refractivity contribution in [2.45, 2.75) is 25.0 Å². The monoisotopic (exact) mass is 477 g/mol. The normalized spacial score (nSPS) is 18.5. The van der Waals surface area contributed by atoms with Gasteiger partial charge in [-0.05, 0) is 35.2 Å². The van der Waals surface area contributed by atoms with E-state index in [0.717, 1.165) is 33.0 Å². The molecule has 182 valence electrons. The Balaban J connectivity index is 1.40. The zero-order valence-electron chi connectivity index (χ0n) is 19.4. The van der Waals surface area contributed by atoms with Crippen LogP contribution in [0.25, 0.3) is 11.1 Å². The molecule has 0 aliphatic carbocycles. The van der Waals surface area contributed by atoms with Crippen molar-refractivity contribution >= 4 is 29.3 Å². The van der Waals surface area contributed by atoms with E-state index in [1.807, 2.05) is 42.5 Å². The van der Waals surface area contributed by atoms with Crippen molar-refractivity contribution in [1.29, 1.82) is 5.26 Å². The molecule has 3 amide bonds. The van der Waals surface area contributed by atoms with Crippen molar-refractivity contribution in [2.24, 2.45) is 0 Å². The number of nitrogens with zero attached hydrogens (tertiary/aromatic N) is 3. The molecule has 4 rings (SSSR count). The highest BCUT2D eigenvalue weighted by molar-refractivity contribution is 6.03. The van der Waals surface area contributed by atoms with Gasteiger partial charge >= 0.3 is 6.09 Å². The van der Waals surface area contributed by atoms with Crippen LogP contribution in [0.2, 0.25) is 0 Å². The molecule has 2 atom stereocenters. The number of benzene rings is 2. The van der Waals surface area contributed by atoms with Crippen LogP contribution in [0.4, 0.5) is 16.2 Å². The van der Waals surface area contributed by atoms with E-state index in [-0.39, 0.29) is 25.6 Å². The van der Waals surface area contributed by atoms with E-state index in [0.29, 0.717) is 19.4 Å². The van der Waals surface area contributed by atoms with Gasteiger partial charge in [-0.15, -0.1) is 0 Å². The van der Waals surface area contributed by atoms with Gasteiger partial charge in [-0.25, -0.2) is 4.79 Å². The number of nitrogens with one attached hydrogen (secondary N) is 2. The third-order valence-electron chi connectivity index (χ3n) is 6.20. The van der Waals surface area contributed by atoms with Crippen LogP contribution in [0, 0.1) is 11.3 Å². The zero-order chi connectivity index (χ0) is 24.9. The van der Waals surface area contributed by atoms with E-state index in [1.165, 1.54) is 0 Å². The quantitative estimate of drug-likeness (QED) is 0.600. The molecule has 0 aromatic heterocycles. The molecule has 1 unspecified atom stereocenters. The number of anilines is 2. The van der Waals surface area contributed by atoms with Crippen LogP contribution in [-0.4, -0.2) is 73.3 Å². The third-order valence-corrected chi connectivity index (χ3v) is 6.20. The van der Waals surface area contributed by atoms with Crippen molar-refractivity contribution in [1.82, 2.24) is 10.2 Å². The minimum absolute atomic E-state index is 0.000455. The average Bonchev–Trinajstić information content (AvgIpc) is 3.13. The smallest absolute Gasteiger partial charge is 0.407 e. The van der Waals surface area contributed by atoms with E-state index in [4.69, 9.17) is 4.74 Å². The molecule has 0 saturated carbocycles. The first-order valence-electron chi connectivity index (χ1n) is 11.4. The Labute approximate surface area is 203 Å². The standard InChI is InChI=1S/C25H27N5O5/c1-29-21-12-18(7-8-20(21)27-14-23(29)31)17-5-3-16(4-6-17)11-19(13-26)28-24(32)22-15-30(25(33)34)9-2-10-35-22/h3-8,12,19,22,27H,2,9-11,14-15H2,1H3,(H,28,32)(H,33,34)/t19?,22-/m0/s1. The second-order valence-electron chi connectivity index (χ2n) is 8.57. The molecule has 3 N–H and O–H groups in total. The molecular weight excluding hydrogens is 450 g/mol. The lowest BCUT2D eigenvalue weighted by atomic mass is 9.99. The highest BCUT2D eigenvalue weighted by Gasteiger charge is 2.29. The fourth-order valence-electron chi connectivity index (χ4n) is 4.18. The molecule has 1 saturated heterocycles. The summed E-state index contributed by atoms with van der Waals surface area (Å²) in [5.41, 5.74) is 4.50. The molecule has 1 fully saturated rings. The van der Waals surface area contributed by atoms with Crippen molar-refractivity contribution in [2.75, 3.05) is 43.5 Å². The molecule has 10 nitrogen and oxygen atoms in total. The number of carbonyl (C=O) groups excluding carboxylic acids is 2. The molecule has 10 heteroatoms. The minimum Gasteiger partial charge on any atom is -0.465 e. The van der Waals surface area contributed by atoms with Gasteiger partial charge in [0.25, 0.3) is 5.91 Å². The Morgan fingerprint density at radius 2 is 2.00 bits per heavy atom. The summed E-state index contributed by atoms with van der Waals surface area (Å²) in [6.07, 6.45) is -1.24. The number of rotatable bonds is 5. The first kappa shape index (κ1) is 24.0. The predicted octanol–water partition coefficient (Wildman–Crippen LogP) is 2.06. The lowest BCUT2D eigenvalue weighted by molar-refractivity contribution is -0.133. The van der Waals surface area contributed by atoms with Gasteiger partial charge in [-0.2, -0.15) is 5.26 Å². The maximum absolute atomic E-state index is 12.6. The first-order chi connectivity index (χ1) is 16.9. The highest BCUT2D eigenvalue weighted by atomic mass is 16.5. The molecule has 0 spiro atoms. The summed E-state index contributed by atoms with van der Waals surface area (Å²) in [5.74, 6) is -0.498. The zero-order valence-corrected chi connectivity index (χ0v) is 19.4. The maximum atomic E-state index is 12.6. The number of carboxylic acid groups (broad SMARTS) is 1. The van der Waals surface area contributed by atoms with Gasteiger partial charge in [0.1, 0.15) is 6.04 Å². The number of ether oxygens (including phenoxy) is 1. The summed E-state index contributed by atoms with van der Waals surface area (Å²) in [6.45, 7) is 0.799. The van der Waals surface area contributed by atoms with Crippen LogP contribution in [0.5, 0.6) is 0 Å². The average molecular weight is 478 g/mol. The van der Waals surface area contributed by atoms with Crippen LogP contribution >= 0.6 is 0 Å². The SMILES string of the molecule is CN1C(=O)CNc2ccc(-c3ccc(CC(C#N)NC(=O)[C@@H]4CN(C(=O)O)CCCO4)cc3)cc21. The number of fused-ring (bicyclic) bond motifs is 1. The van der Waals surface area contributed by atoms with Gasteiger partial charge in [-0.3, -0.25) is 9.59 Å². The second kappa shape index (κ2) is 10.4. The Bertz CT molecular complexity index is 1160. The number of amides is 3. The van der Waals surface area contributed by atoms with E-state index in [1.54, 1.807) is 11.9 Å². The van der Waals surface area contributed by atoms with E-state index in [9.17, 15) is 24.8 Å². The molecular formula is C25H27N5O5. The van der Waals surface area contributed by atoms with Crippen molar-refractivity contribution in [3.05, 3.63) is 48.0 Å². The minimum atomic E-state index is -1.10. The molecule has 2 aromatic rings. The fourth-order valence-corrected chi connectivity index (χ4v) is 4.18. The molecule has 35 heavy (non-hydrogen) atoms. The van der Waals surface area contributed by atoms with Crippen molar-refractivity contribution in [3.8, 4) is 17.2 Å². The summed E-state index contributed by atoms with van der Waals surface area (Å²) in [4.78, 5) is 38.7. The summed E-state index contributed by atoms with van der Waals surface area (Å²) >= 11 is 0. The van der Waals surface area contributed by atoms with E-state index < -0.39 is 24.1 Å². The lowest BCUT2D eigenvalue weighted by Crippen LogP contribution is -2.47. The maximum Gasteiger partial charge on any atom is 0.407 e. The topological polar surface area (TPSA) is 135 Å². The largest absolute Gasteiger partial charge is 0.465 e. The highest BCUT2D eigenvalue weighted by Crippen LogP contribution is 2.33. The van der Waals surface area contributed by atoms with Gasteiger partial charge in [0.15, 0.2) is 6.10 Å². The van der Waals surface area contributed by atoms with Crippen LogP contribution in [0.15, 0.2) is 42.5 Å². The van der Waals surface area contributed by atoms with Crippen LogP contribution in [0.1, 0.15) is 12.0 Å². The fraction of sp³-hybridized carbons (Fsp3) is 0.360. The third kappa shape index (κ3) is 5.53. The van der Waals surface area contributed by atoms with Crippen molar-refractivity contribution < 1.29 is 24.2 Å². The van der Waals surface area contributed by atoms with Crippen LogP contribution in [0.3, 0.4) is 0 Å². The van der Waals surface area contributed by atoms with Gasteiger partial charge in [0, 0.05) is 26.6 Å². The molecule has 2 aromatic carbocycles. The number of nitriles is 1. The van der Waals surface area contributed by atoms with Crippen molar-refractivity contribution in [3.63, 3.8) is 0 Å². The van der Waals surface area contributed by atoms with Crippen LogP contribution in [-0.2, 0) is 20.7 Å². The molecule has 2 aliphatic rings. The second-order valence-corrected chi connectivity index (χ2v) is 8.57. The lowest BCUT2D eigenvalue weighted by Gasteiger charge is -2.27. The summed E-state index contributed by atoms with van der Waals surface area (Å²) in [5, 5.41) is 24.6. The van der Waals surface area contributed by atoms with Gasteiger partial charge in [-0.1, -0.05) is 30.3 Å². The number of hydrogen-bond donors (Lipinski definition) is 3. The van der Waals surface area contributed by atoms with Gasteiger partial charge < -0.3 is 30.3 Å². The number of carbonyl (C=O) groups is 3.